The fraction of sp³-hybridized carbons (Fsp3) is 0.150. The molecule has 0 aromatic heterocycles. The molecule has 0 bridgehead atoms. The molecule has 2 aromatic carbocycles. The van der Waals surface area contributed by atoms with Crippen LogP contribution in [0.5, 0.6) is 0 Å². The third-order valence-electron chi connectivity index (χ3n) is 3.88. The fourth-order valence-corrected chi connectivity index (χ4v) is 2.74. The number of benzene rings is 2. The Morgan fingerprint density at radius 1 is 1.09 bits per heavy atom. The van der Waals surface area contributed by atoms with Gasteiger partial charge in [0.05, 0.1) is 0 Å². The summed E-state index contributed by atoms with van der Waals surface area (Å²) in [5.41, 5.74) is 4.24. The van der Waals surface area contributed by atoms with Gasteiger partial charge in [-0.05, 0) is 35.8 Å². The van der Waals surface area contributed by atoms with Crippen LogP contribution in [0.4, 0.5) is 0 Å². The summed E-state index contributed by atoms with van der Waals surface area (Å²) < 4.78 is 0. The first kappa shape index (κ1) is 15.6. The molecule has 1 aliphatic rings. The van der Waals surface area contributed by atoms with E-state index in [0.717, 1.165) is 34.8 Å². The highest BCUT2D eigenvalue weighted by molar-refractivity contribution is 6.30. The summed E-state index contributed by atoms with van der Waals surface area (Å²) in [6.07, 6.45) is 6.45. The molecule has 0 saturated carbocycles. The summed E-state index contributed by atoms with van der Waals surface area (Å²) in [5.74, 6) is 0.0917. The lowest BCUT2D eigenvalue weighted by Gasteiger charge is -2.23. The van der Waals surface area contributed by atoms with E-state index in [1.165, 1.54) is 5.56 Å². The zero-order valence-corrected chi connectivity index (χ0v) is 13.8. The van der Waals surface area contributed by atoms with E-state index < -0.39 is 0 Å². The van der Waals surface area contributed by atoms with Gasteiger partial charge in [0.1, 0.15) is 0 Å². The van der Waals surface area contributed by atoms with E-state index >= 15 is 0 Å². The van der Waals surface area contributed by atoms with E-state index in [4.69, 9.17) is 11.6 Å². The van der Waals surface area contributed by atoms with Crippen LogP contribution in [0.3, 0.4) is 0 Å². The van der Waals surface area contributed by atoms with Crippen molar-refractivity contribution in [2.75, 3.05) is 6.54 Å². The number of ketones is 1. The first-order valence-electron chi connectivity index (χ1n) is 7.60. The molecular weight excluding hydrogens is 306 g/mol. The Morgan fingerprint density at radius 2 is 1.78 bits per heavy atom. The number of carbonyl (C=O) groups is 1. The molecule has 3 heteroatoms. The Hall–Kier alpha value is -2.32. The molecule has 0 saturated heterocycles. The smallest absolute Gasteiger partial charge is 0.159 e. The molecule has 2 aromatic rings. The second-order valence-corrected chi connectivity index (χ2v) is 6.11. The van der Waals surface area contributed by atoms with Gasteiger partial charge in [0.2, 0.25) is 0 Å². The standard InChI is InChI=1S/C20H18ClNO/c1-15(23)17-6-8-18(9-7-17)19-3-2-12-22(14-19)13-16-4-10-20(21)11-5-16/h2-11,14H,12-13H2,1H3. The molecule has 3 rings (SSSR count). The predicted octanol–water partition coefficient (Wildman–Crippen LogP) is 4.96. The number of halogens is 1. The first-order valence-corrected chi connectivity index (χ1v) is 7.98. The average molecular weight is 324 g/mol. The summed E-state index contributed by atoms with van der Waals surface area (Å²) in [6.45, 7) is 3.32. The van der Waals surface area contributed by atoms with Gasteiger partial charge in [-0.1, -0.05) is 60.2 Å². The first-order chi connectivity index (χ1) is 11.1. The van der Waals surface area contributed by atoms with Crippen LogP contribution in [0.2, 0.25) is 5.02 Å². The van der Waals surface area contributed by atoms with Crippen LogP contribution in [0.15, 0.2) is 66.9 Å². The van der Waals surface area contributed by atoms with Crippen molar-refractivity contribution in [1.29, 1.82) is 0 Å². The Labute approximate surface area is 141 Å². The summed E-state index contributed by atoms with van der Waals surface area (Å²) in [5, 5.41) is 0.758. The summed E-state index contributed by atoms with van der Waals surface area (Å²) in [6, 6.07) is 15.7. The van der Waals surface area contributed by atoms with Crippen LogP contribution >= 0.6 is 11.6 Å². The minimum atomic E-state index is 0.0917. The number of Topliss-reactive ketones (excluding diaryl/α,β-unsaturated/α-hetero) is 1. The van der Waals surface area contributed by atoms with Crippen LogP contribution in [0.25, 0.3) is 5.57 Å². The maximum Gasteiger partial charge on any atom is 0.159 e. The van der Waals surface area contributed by atoms with Gasteiger partial charge in [0.15, 0.2) is 5.78 Å². The molecular formula is C20H18ClNO. The van der Waals surface area contributed by atoms with Crippen molar-refractivity contribution in [1.82, 2.24) is 4.90 Å². The van der Waals surface area contributed by atoms with E-state index in [1.807, 2.05) is 36.4 Å². The van der Waals surface area contributed by atoms with Crippen molar-refractivity contribution in [3.63, 3.8) is 0 Å². The van der Waals surface area contributed by atoms with Crippen LogP contribution < -0.4 is 0 Å². The van der Waals surface area contributed by atoms with Crippen molar-refractivity contribution in [2.24, 2.45) is 0 Å². The number of allylic oxidation sites excluding steroid dienone is 2. The molecule has 23 heavy (non-hydrogen) atoms. The predicted molar refractivity (Wildman–Crippen MR) is 95.4 cm³/mol. The maximum atomic E-state index is 11.4. The minimum absolute atomic E-state index is 0.0917. The Bertz CT molecular complexity index is 757. The highest BCUT2D eigenvalue weighted by Gasteiger charge is 2.08. The van der Waals surface area contributed by atoms with Gasteiger partial charge in [-0.2, -0.15) is 0 Å². The molecule has 0 N–H and O–H groups in total. The van der Waals surface area contributed by atoms with E-state index in [-0.39, 0.29) is 5.78 Å². The average Bonchev–Trinajstić information content (AvgIpc) is 2.57. The van der Waals surface area contributed by atoms with E-state index in [1.54, 1.807) is 6.92 Å². The van der Waals surface area contributed by atoms with Crippen LogP contribution in [-0.2, 0) is 6.54 Å². The topological polar surface area (TPSA) is 20.3 Å². The van der Waals surface area contributed by atoms with Gasteiger partial charge in [0, 0.05) is 29.9 Å². The van der Waals surface area contributed by atoms with Gasteiger partial charge < -0.3 is 4.90 Å². The van der Waals surface area contributed by atoms with Gasteiger partial charge in [0.25, 0.3) is 0 Å². The molecule has 2 nitrogen and oxygen atoms in total. The molecule has 0 atom stereocenters. The van der Waals surface area contributed by atoms with E-state index in [2.05, 4.69) is 35.4 Å². The lowest BCUT2D eigenvalue weighted by molar-refractivity contribution is 0.101. The van der Waals surface area contributed by atoms with Gasteiger partial charge in [-0.15, -0.1) is 0 Å². The Morgan fingerprint density at radius 3 is 2.43 bits per heavy atom. The number of rotatable bonds is 4. The number of nitrogens with zero attached hydrogens (tertiary/aromatic N) is 1. The molecule has 0 radical (unpaired) electrons. The summed E-state index contributed by atoms with van der Waals surface area (Å²) in [4.78, 5) is 13.6. The Balaban J connectivity index is 1.76. The number of carbonyl (C=O) groups excluding carboxylic acids is 1. The molecule has 0 fully saturated rings. The van der Waals surface area contributed by atoms with Crippen LogP contribution in [0.1, 0.15) is 28.4 Å². The van der Waals surface area contributed by atoms with E-state index in [9.17, 15) is 4.79 Å². The zero-order chi connectivity index (χ0) is 16.2. The highest BCUT2D eigenvalue weighted by atomic mass is 35.5. The number of hydrogen-bond acceptors (Lipinski definition) is 2. The zero-order valence-electron chi connectivity index (χ0n) is 13.0. The van der Waals surface area contributed by atoms with E-state index in [0.29, 0.717) is 0 Å². The lowest BCUT2D eigenvalue weighted by Crippen LogP contribution is -2.19. The van der Waals surface area contributed by atoms with Crippen molar-refractivity contribution in [3.8, 4) is 0 Å². The summed E-state index contributed by atoms with van der Waals surface area (Å²) >= 11 is 5.93. The maximum absolute atomic E-state index is 11.4. The summed E-state index contributed by atoms with van der Waals surface area (Å²) in [7, 11) is 0. The van der Waals surface area contributed by atoms with Crippen LogP contribution in [-0.4, -0.2) is 17.2 Å². The SMILES string of the molecule is CC(=O)c1ccc(C2=CN(Cc3ccc(Cl)cc3)CC=C2)cc1. The number of hydrogen-bond donors (Lipinski definition) is 0. The molecule has 0 aliphatic carbocycles. The van der Waals surface area contributed by atoms with Crippen LogP contribution in [0, 0.1) is 0 Å². The minimum Gasteiger partial charge on any atom is -0.369 e. The molecule has 1 heterocycles. The third-order valence-corrected chi connectivity index (χ3v) is 4.13. The molecule has 0 spiro atoms. The van der Waals surface area contributed by atoms with Crippen molar-refractivity contribution in [2.45, 2.75) is 13.5 Å². The van der Waals surface area contributed by atoms with Gasteiger partial charge >= 0.3 is 0 Å². The molecule has 1 aliphatic heterocycles. The van der Waals surface area contributed by atoms with Gasteiger partial charge in [-0.3, -0.25) is 4.79 Å². The normalized spacial score (nSPS) is 13.8. The largest absolute Gasteiger partial charge is 0.369 e. The second-order valence-electron chi connectivity index (χ2n) is 5.68. The monoisotopic (exact) mass is 323 g/mol. The second kappa shape index (κ2) is 6.84. The van der Waals surface area contributed by atoms with Crippen molar-refractivity contribution < 1.29 is 4.79 Å². The highest BCUT2D eigenvalue weighted by Crippen LogP contribution is 2.22. The third kappa shape index (κ3) is 3.91. The quantitative estimate of drug-likeness (QED) is 0.741. The van der Waals surface area contributed by atoms with Crippen molar-refractivity contribution >= 4 is 23.0 Å². The van der Waals surface area contributed by atoms with Gasteiger partial charge in [-0.25, -0.2) is 0 Å². The Kier molecular flexibility index (Phi) is 4.63. The lowest BCUT2D eigenvalue weighted by atomic mass is 10.0. The molecule has 0 amide bonds. The molecule has 0 unspecified atom stereocenters. The van der Waals surface area contributed by atoms with Crippen molar-refractivity contribution in [3.05, 3.63) is 88.6 Å². The fourth-order valence-electron chi connectivity index (χ4n) is 2.61. The molecule has 116 valence electrons.